The van der Waals surface area contributed by atoms with E-state index in [1.54, 1.807) is 6.92 Å². The zero-order valence-corrected chi connectivity index (χ0v) is 11.2. The average Bonchev–Trinajstić information content (AvgIpc) is 2.30. The van der Waals surface area contributed by atoms with Crippen LogP contribution in [0.25, 0.3) is 0 Å². The Bertz CT molecular complexity index is 252. The second kappa shape index (κ2) is 7.92. The number of likely N-dealkylation sites (N-methyl/N-ethyl adjacent to an activating group) is 1. The number of carboxylic acid groups (broad SMARTS) is 1. The number of nitrogens with one attached hydrogen (secondary N) is 1. The number of carboxylic acids is 1. The predicted molar refractivity (Wildman–Crippen MR) is 66.9 cm³/mol. The number of hydrogen-bond acceptors (Lipinski definition) is 2. The van der Waals surface area contributed by atoms with Crippen LogP contribution in [0.2, 0.25) is 0 Å². The van der Waals surface area contributed by atoms with E-state index in [9.17, 15) is 9.59 Å². The van der Waals surface area contributed by atoms with Crippen LogP contribution in [-0.4, -0.2) is 41.6 Å². The quantitative estimate of drug-likeness (QED) is 0.719. The largest absolute Gasteiger partial charge is 0.480 e. The minimum absolute atomic E-state index is 0.314. The Morgan fingerprint density at radius 2 is 1.71 bits per heavy atom. The highest BCUT2D eigenvalue weighted by molar-refractivity contribution is 5.82. The van der Waals surface area contributed by atoms with E-state index >= 15 is 0 Å². The summed E-state index contributed by atoms with van der Waals surface area (Å²) in [6.07, 6.45) is 2.43. The van der Waals surface area contributed by atoms with Crippen molar-refractivity contribution < 1.29 is 14.7 Å². The first-order chi connectivity index (χ1) is 7.97. The Kier molecular flexibility index (Phi) is 7.34. The molecule has 0 radical (unpaired) electrons. The fraction of sp³-hybridized carbons (Fsp3) is 0.833. The summed E-state index contributed by atoms with van der Waals surface area (Å²) in [5.74, 6) is -0.509. The van der Waals surface area contributed by atoms with Gasteiger partial charge in [0.25, 0.3) is 0 Å². The van der Waals surface area contributed by atoms with Crippen molar-refractivity contribution in [2.24, 2.45) is 5.92 Å². The van der Waals surface area contributed by atoms with Crippen molar-refractivity contribution in [2.75, 3.05) is 13.6 Å². The molecule has 0 spiro atoms. The van der Waals surface area contributed by atoms with Crippen molar-refractivity contribution in [3.8, 4) is 0 Å². The Balaban J connectivity index is 4.25. The lowest BCUT2D eigenvalue weighted by atomic mass is 10.0. The number of rotatable bonds is 7. The summed E-state index contributed by atoms with van der Waals surface area (Å²) in [6, 6.07) is -1.07. The molecule has 17 heavy (non-hydrogen) atoms. The van der Waals surface area contributed by atoms with Gasteiger partial charge in [-0.1, -0.05) is 33.6 Å². The topological polar surface area (TPSA) is 69.6 Å². The summed E-state index contributed by atoms with van der Waals surface area (Å²) in [6.45, 7) is 6.52. The molecule has 1 atom stereocenters. The molecule has 0 rings (SSSR count). The van der Waals surface area contributed by atoms with Gasteiger partial charge in [-0.25, -0.2) is 9.59 Å². The standard InChI is InChI=1S/C12H24N2O3/c1-5-9(6-2)8-13-12(17)14(4)10(7-3)11(15)16/h9-10H,5-8H2,1-4H3,(H,13,17)(H,15,16). The average molecular weight is 244 g/mol. The van der Waals surface area contributed by atoms with E-state index in [4.69, 9.17) is 5.11 Å². The molecule has 0 aromatic rings. The van der Waals surface area contributed by atoms with Crippen molar-refractivity contribution in [1.82, 2.24) is 10.2 Å². The van der Waals surface area contributed by atoms with Crippen molar-refractivity contribution in [3.05, 3.63) is 0 Å². The number of nitrogens with zero attached hydrogens (tertiary/aromatic N) is 1. The van der Waals surface area contributed by atoms with E-state index in [1.165, 1.54) is 11.9 Å². The Hall–Kier alpha value is -1.26. The molecule has 0 saturated heterocycles. The van der Waals surface area contributed by atoms with Crippen LogP contribution in [0.3, 0.4) is 0 Å². The van der Waals surface area contributed by atoms with Gasteiger partial charge in [0.2, 0.25) is 0 Å². The summed E-state index contributed by atoms with van der Waals surface area (Å²) >= 11 is 0. The molecule has 0 aromatic heterocycles. The monoisotopic (exact) mass is 244 g/mol. The molecule has 1 unspecified atom stereocenters. The molecule has 5 heteroatoms. The molecule has 2 N–H and O–H groups in total. The van der Waals surface area contributed by atoms with Gasteiger partial charge in [0, 0.05) is 13.6 Å². The minimum atomic E-state index is -0.965. The highest BCUT2D eigenvalue weighted by atomic mass is 16.4. The number of urea groups is 1. The number of carbonyl (C=O) groups excluding carboxylic acids is 1. The first-order valence-electron chi connectivity index (χ1n) is 6.21. The molecule has 0 aromatic carbocycles. The Labute approximate surface area is 103 Å². The third kappa shape index (κ3) is 5.06. The lowest BCUT2D eigenvalue weighted by Crippen LogP contribution is -2.47. The third-order valence-corrected chi connectivity index (χ3v) is 3.16. The van der Waals surface area contributed by atoms with Gasteiger partial charge in [0.05, 0.1) is 0 Å². The van der Waals surface area contributed by atoms with Gasteiger partial charge in [0.1, 0.15) is 6.04 Å². The molecule has 5 nitrogen and oxygen atoms in total. The lowest BCUT2D eigenvalue weighted by molar-refractivity contribution is -0.141. The third-order valence-electron chi connectivity index (χ3n) is 3.16. The fourth-order valence-corrected chi connectivity index (χ4v) is 1.69. The normalized spacial score (nSPS) is 12.3. The van der Waals surface area contributed by atoms with Crippen LogP contribution in [0.5, 0.6) is 0 Å². The van der Waals surface area contributed by atoms with Crippen molar-refractivity contribution >= 4 is 12.0 Å². The number of amides is 2. The van der Waals surface area contributed by atoms with Gasteiger partial charge < -0.3 is 15.3 Å². The van der Waals surface area contributed by atoms with Gasteiger partial charge in [-0.15, -0.1) is 0 Å². The van der Waals surface area contributed by atoms with Crippen LogP contribution in [-0.2, 0) is 4.79 Å². The molecule has 100 valence electrons. The van der Waals surface area contributed by atoms with Gasteiger partial charge in [-0.2, -0.15) is 0 Å². The summed E-state index contributed by atoms with van der Waals surface area (Å²) in [4.78, 5) is 23.9. The summed E-state index contributed by atoms with van der Waals surface area (Å²) < 4.78 is 0. The molecule has 0 fully saturated rings. The maximum absolute atomic E-state index is 11.7. The molecular formula is C12H24N2O3. The zero-order chi connectivity index (χ0) is 13.4. The minimum Gasteiger partial charge on any atom is -0.480 e. The number of aliphatic carboxylic acids is 1. The van der Waals surface area contributed by atoms with Gasteiger partial charge in [0.15, 0.2) is 0 Å². The van der Waals surface area contributed by atoms with E-state index in [1.807, 2.05) is 0 Å². The summed E-state index contributed by atoms with van der Waals surface area (Å²) in [5.41, 5.74) is 0. The van der Waals surface area contributed by atoms with Crippen molar-refractivity contribution in [2.45, 2.75) is 46.1 Å². The molecule has 0 aliphatic heterocycles. The molecule has 0 aliphatic rings. The first kappa shape index (κ1) is 15.7. The predicted octanol–water partition coefficient (Wildman–Crippen LogP) is 1.93. The summed E-state index contributed by atoms with van der Waals surface area (Å²) in [5, 5.41) is 11.7. The van der Waals surface area contributed by atoms with Gasteiger partial charge in [-0.3, -0.25) is 0 Å². The van der Waals surface area contributed by atoms with Gasteiger partial charge >= 0.3 is 12.0 Å². The molecule has 0 bridgehead atoms. The Morgan fingerprint density at radius 3 is 2.06 bits per heavy atom. The van der Waals surface area contributed by atoms with Gasteiger partial charge in [-0.05, 0) is 12.3 Å². The van der Waals surface area contributed by atoms with Crippen LogP contribution in [0, 0.1) is 5.92 Å². The van der Waals surface area contributed by atoms with Crippen molar-refractivity contribution in [3.63, 3.8) is 0 Å². The van der Waals surface area contributed by atoms with E-state index in [2.05, 4.69) is 19.2 Å². The fourth-order valence-electron chi connectivity index (χ4n) is 1.69. The van der Waals surface area contributed by atoms with Crippen LogP contribution in [0.15, 0.2) is 0 Å². The smallest absolute Gasteiger partial charge is 0.326 e. The second-order valence-electron chi connectivity index (χ2n) is 4.24. The van der Waals surface area contributed by atoms with E-state index in [-0.39, 0.29) is 6.03 Å². The Morgan fingerprint density at radius 1 is 1.18 bits per heavy atom. The SMILES string of the molecule is CCC(CC)CNC(=O)N(C)C(CC)C(=O)O. The molecule has 0 saturated carbocycles. The van der Waals surface area contributed by atoms with Crippen LogP contribution < -0.4 is 5.32 Å². The van der Waals surface area contributed by atoms with E-state index in [0.717, 1.165) is 12.8 Å². The molecule has 0 aliphatic carbocycles. The van der Waals surface area contributed by atoms with Crippen LogP contribution >= 0.6 is 0 Å². The number of carbonyl (C=O) groups is 2. The highest BCUT2D eigenvalue weighted by Crippen LogP contribution is 2.06. The van der Waals surface area contributed by atoms with E-state index in [0.29, 0.717) is 18.9 Å². The first-order valence-corrected chi connectivity index (χ1v) is 6.21. The molecule has 0 heterocycles. The van der Waals surface area contributed by atoms with Crippen LogP contribution in [0.4, 0.5) is 4.79 Å². The van der Waals surface area contributed by atoms with Crippen LogP contribution in [0.1, 0.15) is 40.0 Å². The summed E-state index contributed by atoms with van der Waals surface area (Å²) in [7, 11) is 1.52. The maximum Gasteiger partial charge on any atom is 0.326 e. The zero-order valence-electron chi connectivity index (χ0n) is 11.2. The lowest BCUT2D eigenvalue weighted by Gasteiger charge is -2.25. The van der Waals surface area contributed by atoms with Crippen molar-refractivity contribution in [1.29, 1.82) is 0 Å². The number of hydrogen-bond donors (Lipinski definition) is 2. The van der Waals surface area contributed by atoms with E-state index < -0.39 is 12.0 Å². The second-order valence-corrected chi connectivity index (χ2v) is 4.24. The highest BCUT2D eigenvalue weighted by Gasteiger charge is 2.24. The maximum atomic E-state index is 11.7. The molecule has 2 amide bonds. The molecular weight excluding hydrogens is 220 g/mol.